The van der Waals surface area contributed by atoms with Crippen LogP contribution >= 0.6 is 0 Å². The zero-order chi connectivity index (χ0) is 15.9. The van der Waals surface area contributed by atoms with Crippen molar-refractivity contribution in [2.75, 3.05) is 12.4 Å². The number of nitrogens with zero attached hydrogens (tertiary/aromatic N) is 3. The van der Waals surface area contributed by atoms with Gasteiger partial charge < -0.3 is 10.6 Å². The van der Waals surface area contributed by atoms with Crippen molar-refractivity contribution in [2.45, 2.75) is 32.6 Å². The van der Waals surface area contributed by atoms with E-state index in [1.165, 1.54) is 6.20 Å². The van der Waals surface area contributed by atoms with Crippen molar-refractivity contribution in [3.05, 3.63) is 23.5 Å². The van der Waals surface area contributed by atoms with Crippen LogP contribution in [0.4, 0.5) is 5.82 Å². The van der Waals surface area contributed by atoms with Crippen LogP contribution in [0.1, 0.15) is 48.7 Å². The molecule has 0 aromatic carbocycles. The van der Waals surface area contributed by atoms with Crippen molar-refractivity contribution in [1.82, 2.24) is 19.9 Å². The molecule has 2 heterocycles. The topological polar surface area (TPSA) is 88.4 Å². The van der Waals surface area contributed by atoms with Gasteiger partial charge in [0.15, 0.2) is 5.65 Å². The molecule has 1 fully saturated rings. The number of aromatic nitrogens is 3. The van der Waals surface area contributed by atoms with Gasteiger partial charge in [-0.3, -0.25) is 9.59 Å². The Morgan fingerprint density at radius 1 is 1.36 bits per heavy atom. The molecule has 1 saturated carbocycles. The summed E-state index contributed by atoms with van der Waals surface area (Å²) >= 11 is 0. The fraction of sp³-hybridized carbons (Fsp3) is 0.467. The quantitative estimate of drug-likeness (QED) is 0.897. The second-order valence-corrected chi connectivity index (χ2v) is 5.86. The van der Waals surface area contributed by atoms with Gasteiger partial charge in [-0.05, 0) is 18.8 Å². The summed E-state index contributed by atoms with van der Waals surface area (Å²) in [6.07, 6.45) is 3.36. The summed E-state index contributed by atoms with van der Waals surface area (Å²) in [4.78, 5) is 28.3. The zero-order valence-electron chi connectivity index (χ0n) is 12.9. The van der Waals surface area contributed by atoms with Crippen LogP contribution in [0.3, 0.4) is 0 Å². The highest BCUT2D eigenvalue weighted by molar-refractivity contribution is 6.00. The third-order valence-corrected chi connectivity index (χ3v) is 3.76. The van der Waals surface area contributed by atoms with Gasteiger partial charge in [0, 0.05) is 19.0 Å². The summed E-state index contributed by atoms with van der Waals surface area (Å²) in [6.45, 7) is 4.06. The molecule has 0 atom stereocenters. The molecular formula is C15H19N5O2. The highest BCUT2D eigenvalue weighted by atomic mass is 16.2. The molecule has 0 spiro atoms. The third-order valence-electron chi connectivity index (χ3n) is 3.76. The van der Waals surface area contributed by atoms with Gasteiger partial charge in [0.2, 0.25) is 5.91 Å². The number of carbonyl (C=O) groups is 2. The maximum atomic E-state index is 12.0. The fourth-order valence-corrected chi connectivity index (χ4v) is 2.33. The van der Waals surface area contributed by atoms with Crippen LogP contribution < -0.4 is 10.6 Å². The number of carbonyl (C=O) groups excluding carboxylic acids is 2. The van der Waals surface area contributed by atoms with Gasteiger partial charge in [-0.25, -0.2) is 9.50 Å². The largest absolute Gasteiger partial charge is 0.355 e. The van der Waals surface area contributed by atoms with E-state index in [0.717, 1.165) is 18.5 Å². The molecule has 3 rings (SSSR count). The monoisotopic (exact) mass is 301 g/mol. The molecule has 2 aromatic rings. The first-order valence-corrected chi connectivity index (χ1v) is 7.43. The van der Waals surface area contributed by atoms with Crippen LogP contribution in [0.25, 0.3) is 5.65 Å². The van der Waals surface area contributed by atoms with Gasteiger partial charge in [0.05, 0.1) is 11.9 Å². The van der Waals surface area contributed by atoms with Gasteiger partial charge in [-0.1, -0.05) is 13.8 Å². The predicted octanol–water partition coefficient (Wildman–Crippen LogP) is 1.56. The van der Waals surface area contributed by atoms with E-state index in [-0.39, 0.29) is 23.7 Å². The van der Waals surface area contributed by atoms with E-state index in [4.69, 9.17) is 0 Å². The van der Waals surface area contributed by atoms with Crippen molar-refractivity contribution in [1.29, 1.82) is 0 Å². The number of amides is 2. The molecule has 7 heteroatoms. The standard InChI is InChI=1S/C15H19N5O2/c1-8(2)11-6-12(19-14(21)9-4-5-9)18-13-10(15(22)16-3)7-17-20(11)13/h6-9H,4-5H2,1-3H3,(H,16,22)(H,18,19,21). The van der Waals surface area contributed by atoms with E-state index >= 15 is 0 Å². The Bertz CT molecular complexity index is 746. The van der Waals surface area contributed by atoms with Crippen molar-refractivity contribution < 1.29 is 9.59 Å². The molecule has 1 aliphatic rings. The SMILES string of the molecule is CNC(=O)c1cnn2c(C(C)C)cc(NC(=O)C3CC3)nc12. The van der Waals surface area contributed by atoms with Gasteiger partial charge in [-0.2, -0.15) is 5.10 Å². The summed E-state index contributed by atoms with van der Waals surface area (Å²) in [5, 5.41) is 9.68. The second kappa shape index (κ2) is 5.40. The molecule has 7 nitrogen and oxygen atoms in total. The zero-order valence-corrected chi connectivity index (χ0v) is 12.9. The number of hydrogen-bond donors (Lipinski definition) is 2. The smallest absolute Gasteiger partial charge is 0.256 e. The normalized spacial score (nSPS) is 14.4. The van der Waals surface area contributed by atoms with E-state index in [0.29, 0.717) is 17.0 Å². The van der Waals surface area contributed by atoms with Crippen LogP contribution in [0.5, 0.6) is 0 Å². The molecule has 22 heavy (non-hydrogen) atoms. The summed E-state index contributed by atoms with van der Waals surface area (Å²) < 4.78 is 1.65. The molecule has 2 N–H and O–H groups in total. The van der Waals surface area contributed by atoms with Crippen LogP contribution in [0.15, 0.2) is 12.3 Å². The van der Waals surface area contributed by atoms with E-state index in [2.05, 4.69) is 20.7 Å². The van der Waals surface area contributed by atoms with E-state index in [1.54, 1.807) is 11.6 Å². The molecule has 0 unspecified atom stereocenters. The van der Waals surface area contributed by atoms with Gasteiger partial charge >= 0.3 is 0 Å². The Balaban J connectivity index is 2.08. The molecule has 0 bridgehead atoms. The Kier molecular flexibility index (Phi) is 3.56. The predicted molar refractivity (Wildman–Crippen MR) is 81.8 cm³/mol. The fourth-order valence-electron chi connectivity index (χ4n) is 2.33. The first kappa shape index (κ1) is 14.5. The van der Waals surface area contributed by atoms with E-state index in [9.17, 15) is 9.59 Å². The first-order valence-electron chi connectivity index (χ1n) is 7.43. The van der Waals surface area contributed by atoms with Gasteiger partial charge in [-0.15, -0.1) is 0 Å². The minimum Gasteiger partial charge on any atom is -0.355 e. The molecule has 116 valence electrons. The minimum atomic E-state index is -0.247. The molecule has 0 aliphatic heterocycles. The molecule has 1 aliphatic carbocycles. The van der Waals surface area contributed by atoms with E-state index < -0.39 is 0 Å². The number of fused-ring (bicyclic) bond motifs is 1. The molecular weight excluding hydrogens is 282 g/mol. The lowest BCUT2D eigenvalue weighted by atomic mass is 10.1. The summed E-state index contributed by atoms with van der Waals surface area (Å²) in [6, 6.07) is 1.82. The third kappa shape index (κ3) is 2.54. The van der Waals surface area contributed by atoms with Crippen LogP contribution in [-0.4, -0.2) is 33.5 Å². The molecule has 2 amide bonds. The lowest BCUT2D eigenvalue weighted by molar-refractivity contribution is -0.117. The number of nitrogens with one attached hydrogen (secondary N) is 2. The van der Waals surface area contributed by atoms with Crippen LogP contribution in [0.2, 0.25) is 0 Å². The van der Waals surface area contributed by atoms with Crippen LogP contribution in [0, 0.1) is 5.92 Å². The van der Waals surface area contributed by atoms with E-state index in [1.807, 2.05) is 19.9 Å². The highest BCUT2D eigenvalue weighted by Crippen LogP contribution is 2.30. The first-order chi connectivity index (χ1) is 10.5. The number of hydrogen-bond acceptors (Lipinski definition) is 4. The Morgan fingerprint density at radius 2 is 2.09 bits per heavy atom. The van der Waals surface area contributed by atoms with Gasteiger partial charge in [0.25, 0.3) is 5.91 Å². The van der Waals surface area contributed by atoms with Crippen molar-refractivity contribution in [2.24, 2.45) is 5.92 Å². The average molecular weight is 301 g/mol. The Labute approximate surface area is 128 Å². The van der Waals surface area contributed by atoms with Crippen molar-refractivity contribution >= 4 is 23.3 Å². The average Bonchev–Trinajstić information content (AvgIpc) is 3.26. The second-order valence-electron chi connectivity index (χ2n) is 5.86. The minimum absolute atomic E-state index is 0.00688. The Hall–Kier alpha value is -2.44. The lowest BCUT2D eigenvalue weighted by Crippen LogP contribution is -2.19. The summed E-state index contributed by atoms with van der Waals surface area (Å²) in [7, 11) is 1.56. The van der Waals surface area contributed by atoms with Gasteiger partial charge in [0.1, 0.15) is 11.4 Å². The molecule has 2 aromatic heterocycles. The highest BCUT2D eigenvalue weighted by Gasteiger charge is 2.30. The van der Waals surface area contributed by atoms with Crippen molar-refractivity contribution in [3.63, 3.8) is 0 Å². The molecule has 0 radical (unpaired) electrons. The van der Waals surface area contributed by atoms with Crippen molar-refractivity contribution in [3.8, 4) is 0 Å². The maximum absolute atomic E-state index is 12.0. The summed E-state index contributed by atoms with van der Waals surface area (Å²) in [5.74, 6) is 0.498. The van der Waals surface area contributed by atoms with Crippen LogP contribution in [-0.2, 0) is 4.79 Å². The Morgan fingerprint density at radius 3 is 2.68 bits per heavy atom. The number of anilines is 1. The lowest BCUT2D eigenvalue weighted by Gasteiger charge is -2.12. The maximum Gasteiger partial charge on any atom is 0.256 e. The summed E-state index contributed by atoms with van der Waals surface area (Å²) in [5.41, 5.74) is 1.75. The molecule has 0 saturated heterocycles. The number of rotatable bonds is 4.